The lowest BCUT2D eigenvalue weighted by Crippen LogP contribution is -2.12. The molecule has 3 heterocycles. The largest absolute Gasteiger partial charge is 0.497 e. The average molecular weight is 376 g/mol. The van der Waals surface area contributed by atoms with Gasteiger partial charge in [0.15, 0.2) is 5.65 Å². The van der Waals surface area contributed by atoms with Crippen molar-refractivity contribution in [1.29, 1.82) is 0 Å². The minimum Gasteiger partial charge on any atom is -0.497 e. The van der Waals surface area contributed by atoms with Gasteiger partial charge in [-0.1, -0.05) is 12.1 Å². The van der Waals surface area contributed by atoms with Crippen molar-refractivity contribution in [2.24, 2.45) is 7.05 Å². The Labute approximate surface area is 161 Å². The van der Waals surface area contributed by atoms with E-state index in [0.717, 1.165) is 22.4 Å². The second-order valence-electron chi connectivity index (χ2n) is 6.55. The van der Waals surface area contributed by atoms with Crippen LogP contribution in [-0.2, 0) is 13.6 Å². The quantitative estimate of drug-likeness (QED) is 0.579. The fraction of sp³-hybridized carbons (Fsp3) is 0.200. The molecule has 0 spiro atoms. The highest BCUT2D eigenvalue weighted by Crippen LogP contribution is 2.20. The first kappa shape index (κ1) is 17.7. The molecule has 0 atom stereocenters. The Morgan fingerprint density at radius 1 is 1.21 bits per heavy atom. The summed E-state index contributed by atoms with van der Waals surface area (Å²) in [7, 11) is 3.44. The molecule has 0 saturated carbocycles. The van der Waals surface area contributed by atoms with Gasteiger partial charge in [-0.2, -0.15) is 10.2 Å². The van der Waals surface area contributed by atoms with Gasteiger partial charge in [0.2, 0.25) is 0 Å². The molecule has 8 nitrogen and oxygen atoms in total. The molecule has 3 aromatic heterocycles. The van der Waals surface area contributed by atoms with Crippen LogP contribution in [0, 0.1) is 6.92 Å². The van der Waals surface area contributed by atoms with Crippen LogP contribution in [0.15, 0.2) is 48.9 Å². The van der Waals surface area contributed by atoms with E-state index < -0.39 is 0 Å². The predicted molar refractivity (Wildman–Crippen MR) is 106 cm³/mol. The number of pyridine rings is 1. The smallest absolute Gasteiger partial charge is 0.256 e. The number of methoxy groups -OCH3 is 1. The van der Waals surface area contributed by atoms with Crippen LogP contribution in [0.5, 0.6) is 5.75 Å². The lowest BCUT2D eigenvalue weighted by molar-refractivity contribution is 0.102. The van der Waals surface area contributed by atoms with Crippen molar-refractivity contribution >= 4 is 22.6 Å². The molecular weight excluding hydrogens is 356 g/mol. The van der Waals surface area contributed by atoms with Gasteiger partial charge in [0.25, 0.3) is 5.91 Å². The summed E-state index contributed by atoms with van der Waals surface area (Å²) in [5.74, 6) is 0.580. The van der Waals surface area contributed by atoms with Crippen molar-refractivity contribution in [1.82, 2.24) is 24.5 Å². The molecule has 4 aromatic rings. The summed E-state index contributed by atoms with van der Waals surface area (Å²) in [4.78, 5) is 17.3. The number of anilines is 1. The monoisotopic (exact) mass is 376 g/mol. The molecule has 1 aromatic carbocycles. The molecule has 0 bridgehead atoms. The molecule has 1 amide bonds. The molecule has 0 fully saturated rings. The first-order valence-electron chi connectivity index (χ1n) is 8.79. The van der Waals surface area contributed by atoms with Crippen molar-refractivity contribution in [3.8, 4) is 5.75 Å². The summed E-state index contributed by atoms with van der Waals surface area (Å²) >= 11 is 0. The Morgan fingerprint density at radius 3 is 2.89 bits per heavy atom. The van der Waals surface area contributed by atoms with Crippen molar-refractivity contribution in [2.45, 2.75) is 13.5 Å². The molecule has 142 valence electrons. The maximum absolute atomic E-state index is 12.8. The summed E-state index contributed by atoms with van der Waals surface area (Å²) in [5, 5.41) is 12.2. The molecular formula is C20H20N6O2. The highest BCUT2D eigenvalue weighted by atomic mass is 16.5. The Bertz CT molecular complexity index is 1160. The van der Waals surface area contributed by atoms with E-state index >= 15 is 0 Å². The van der Waals surface area contributed by atoms with Crippen molar-refractivity contribution in [3.05, 3.63) is 65.7 Å². The number of aromatic nitrogens is 5. The van der Waals surface area contributed by atoms with Crippen molar-refractivity contribution in [3.63, 3.8) is 0 Å². The lowest BCUT2D eigenvalue weighted by Gasteiger charge is -2.06. The van der Waals surface area contributed by atoms with Crippen molar-refractivity contribution < 1.29 is 9.53 Å². The summed E-state index contributed by atoms with van der Waals surface area (Å²) in [6.45, 7) is 2.43. The Morgan fingerprint density at radius 2 is 2.07 bits per heavy atom. The van der Waals surface area contributed by atoms with Gasteiger partial charge < -0.3 is 10.1 Å². The number of ether oxygens (including phenoxy) is 1. The van der Waals surface area contributed by atoms with Gasteiger partial charge in [0.1, 0.15) is 5.75 Å². The number of aryl methyl sites for hydroxylation is 2. The normalized spacial score (nSPS) is 11.0. The zero-order chi connectivity index (χ0) is 19.7. The van der Waals surface area contributed by atoms with Crippen LogP contribution < -0.4 is 10.1 Å². The van der Waals surface area contributed by atoms with Gasteiger partial charge in [-0.05, 0) is 30.7 Å². The molecule has 28 heavy (non-hydrogen) atoms. The fourth-order valence-corrected chi connectivity index (χ4v) is 3.10. The van der Waals surface area contributed by atoms with E-state index in [-0.39, 0.29) is 5.91 Å². The minimum atomic E-state index is -0.218. The maximum Gasteiger partial charge on any atom is 0.256 e. The molecule has 0 saturated heterocycles. The average Bonchev–Trinajstić information content (AvgIpc) is 3.28. The van der Waals surface area contributed by atoms with E-state index in [4.69, 9.17) is 4.74 Å². The van der Waals surface area contributed by atoms with Gasteiger partial charge in [-0.25, -0.2) is 4.98 Å². The van der Waals surface area contributed by atoms with Crippen LogP contribution in [0.2, 0.25) is 0 Å². The predicted octanol–water partition coefficient (Wildman–Crippen LogP) is 2.78. The van der Waals surface area contributed by atoms with Crippen LogP contribution in [0.3, 0.4) is 0 Å². The summed E-state index contributed by atoms with van der Waals surface area (Å²) in [5.41, 5.74) is 3.66. The molecule has 0 aliphatic rings. The van der Waals surface area contributed by atoms with Crippen LogP contribution in [-0.4, -0.2) is 37.6 Å². The van der Waals surface area contributed by atoms with E-state index in [1.165, 1.54) is 0 Å². The van der Waals surface area contributed by atoms with Crippen LogP contribution in [0.25, 0.3) is 11.0 Å². The number of carbonyl (C=O) groups is 1. The number of amides is 1. The van der Waals surface area contributed by atoms with Gasteiger partial charge in [-0.15, -0.1) is 0 Å². The summed E-state index contributed by atoms with van der Waals surface area (Å²) in [6, 6.07) is 9.56. The van der Waals surface area contributed by atoms with Crippen LogP contribution in [0.4, 0.5) is 5.69 Å². The maximum atomic E-state index is 12.8. The lowest BCUT2D eigenvalue weighted by atomic mass is 10.1. The first-order chi connectivity index (χ1) is 13.5. The second kappa shape index (κ2) is 7.15. The molecule has 0 aliphatic heterocycles. The van der Waals surface area contributed by atoms with Gasteiger partial charge in [-0.3, -0.25) is 14.2 Å². The molecule has 4 rings (SSSR count). The van der Waals surface area contributed by atoms with Gasteiger partial charge >= 0.3 is 0 Å². The number of hydrogen-bond donors (Lipinski definition) is 1. The third kappa shape index (κ3) is 3.44. The number of fused-ring (bicyclic) bond motifs is 1. The highest BCUT2D eigenvalue weighted by Gasteiger charge is 2.15. The zero-order valence-corrected chi connectivity index (χ0v) is 15.9. The summed E-state index contributed by atoms with van der Waals surface area (Å²) < 4.78 is 8.67. The van der Waals surface area contributed by atoms with Gasteiger partial charge in [0.05, 0.1) is 42.7 Å². The minimum absolute atomic E-state index is 0.218. The number of benzene rings is 1. The molecule has 8 heteroatoms. The third-order valence-corrected chi connectivity index (χ3v) is 4.45. The number of nitrogens with one attached hydrogen (secondary N) is 1. The van der Waals surface area contributed by atoms with E-state index in [0.29, 0.717) is 23.4 Å². The number of carbonyl (C=O) groups excluding carboxylic acids is 1. The highest BCUT2D eigenvalue weighted by molar-refractivity contribution is 6.11. The van der Waals surface area contributed by atoms with E-state index in [9.17, 15) is 4.79 Å². The van der Waals surface area contributed by atoms with E-state index in [1.54, 1.807) is 48.2 Å². The van der Waals surface area contributed by atoms with Crippen LogP contribution in [0.1, 0.15) is 21.6 Å². The second-order valence-corrected chi connectivity index (χ2v) is 6.55. The molecule has 0 radical (unpaired) electrons. The number of rotatable bonds is 5. The van der Waals surface area contributed by atoms with E-state index in [1.807, 2.05) is 31.2 Å². The standard InChI is InChI=1S/C20H20N6O2/c1-13-7-17(18-10-21-25(2)19(18)23-13)20(27)24-15-9-22-26(12-15)11-14-5-4-6-16(8-14)28-3/h4-10,12H,11H2,1-3H3,(H,24,27). The van der Waals surface area contributed by atoms with Crippen LogP contribution >= 0.6 is 0 Å². The number of nitrogens with zero attached hydrogens (tertiary/aromatic N) is 5. The molecule has 1 N–H and O–H groups in total. The van der Waals surface area contributed by atoms with Crippen molar-refractivity contribution in [2.75, 3.05) is 12.4 Å². The SMILES string of the molecule is COc1cccc(Cn2cc(NC(=O)c3cc(C)nc4c3cnn4C)cn2)c1. The first-order valence-corrected chi connectivity index (χ1v) is 8.79. The topological polar surface area (TPSA) is 86.9 Å². The fourth-order valence-electron chi connectivity index (χ4n) is 3.10. The Balaban J connectivity index is 1.53. The van der Waals surface area contributed by atoms with Gasteiger partial charge in [0, 0.05) is 18.9 Å². The summed E-state index contributed by atoms with van der Waals surface area (Å²) in [6.07, 6.45) is 5.08. The van der Waals surface area contributed by atoms with E-state index in [2.05, 4.69) is 20.5 Å². The third-order valence-electron chi connectivity index (χ3n) is 4.45. The Hall–Kier alpha value is -3.68. The Kier molecular flexibility index (Phi) is 4.52. The molecule has 0 unspecified atom stereocenters. The number of hydrogen-bond acceptors (Lipinski definition) is 5. The zero-order valence-electron chi connectivity index (χ0n) is 15.9. The molecule has 0 aliphatic carbocycles.